The van der Waals surface area contributed by atoms with Crippen LogP contribution in [-0.4, -0.2) is 28.9 Å². The number of fused-ring (bicyclic) bond motifs is 6. The molecule has 0 N–H and O–H groups in total. The normalized spacial score (nSPS) is 13.7. The molecule has 422 valence electrons. The van der Waals surface area contributed by atoms with Crippen LogP contribution in [0.1, 0.15) is 0 Å². The van der Waals surface area contributed by atoms with Crippen molar-refractivity contribution in [2.75, 3.05) is 14.7 Å². The van der Waals surface area contributed by atoms with Crippen LogP contribution in [0, 0.1) is 6.33 Å². The third-order valence-electron chi connectivity index (χ3n) is 19.2. The summed E-state index contributed by atoms with van der Waals surface area (Å²) in [4.78, 5) is 12.8. The Kier molecular flexibility index (Phi) is 10.8. The highest BCUT2D eigenvalue weighted by atomic mass is 28.3. The summed E-state index contributed by atoms with van der Waals surface area (Å²) < 4.78 is 14.1. The lowest BCUT2D eigenvalue weighted by atomic mass is 9.31. The second-order valence-corrected chi connectivity index (χ2v) is 28.7. The zero-order chi connectivity index (χ0) is 59.3. The quantitative estimate of drug-likeness (QED) is 0.0819. The predicted octanol–water partition coefficient (Wildman–Crippen LogP) is 16.3. The maximum Gasteiger partial charge on any atom is 0.269 e. The number of pyridine rings is 1. The van der Waals surface area contributed by atoms with Gasteiger partial charge in [-0.25, -0.2) is 4.98 Å². The number of rotatable bonds is 9. The number of para-hydroxylation sites is 5. The minimum atomic E-state index is -2.28. The molecule has 7 heterocycles. The zero-order valence-corrected chi connectivity index (χ0v) is 50.3. The standard InChI is InChI=1S/C80H54BN7OSi/c1-90(2)71-46-45-59(49-68(71)84-51-83(67-43-22-44-72(90)78(67)84)77-60(52-24-8-3-9-25-52)36-19-37-61(77)53-26-10-4-11-27-53)89-58-35-18-34-57(48-58)88-69-50-70-76-79(73(69)62-38-23-47-82-80(62)88)87(56-32-16-7-17-33-56)66-42-21-40-64-75(66)81(76)74-63(85(64)54-28-12-5-13-29-54)39-20-41-65(74)86(70)55-30-14-6-15-31-55/h3-50H,1-2H3. The number of hydrogen-bond acceptors (Lipinski definition) is 5. The molecule has 0 atom stereocenters. The molecular weight excluding hydrogens is 1110 g/mol. The molecule has 4 aliphatic rings. The van der Waals surface area contributed by atoms with Crippen LogP contribution < -0.4 is 50.8 Å². The highest BCUT2D eigenvalue weighted by Crippen LogP contribution is 2.54. The SMILES string of the molecule is C[Si]1(C)c2ccc(Oc3cccc(-n4c5cc6c7c(c5c5cccnc54)N(c4ccccc4)c4cccc5c4B7c4c(cccc4N6c4ccccc4)N5c4ccccc4)c3)cc2-n2[c-][n+](-c3c(-c4ccccc4)cccc3-c3ccccc3)c3cccc1c32. The van der Waals surface area contributed by atoms with E-state index < -0.39 is 8.07 Å². The Hall–Kier alpha value is -11.5. The molecule has 0 saturated carbocycles. The molecule has 0 amide bonds. The van der Waals surface area contributed by atoms with Gasteiger partial charge in [-0.15, -0.1) is 0 Å². The van der Waals surface area contributed by atoms with E-state index in [1.165, 1.54) is 43.7 Å². The van der Waals surface area contributed by atoms with Crippen LogP contribution in [0.3, 0.4) is 0 Å². The van der Waals surface area contributed by atoms with Gasteiger partial charge in [-0.2, -0.15) is 0 Å². The Morgan fingerprint density at radius 3 is 1.60 bits per heavy atom. The average molecular weight is 1170 g/mol. The van der Waals surface area contributed by atoms with Gasteiger partial charge in [0, 0.05) is 68.5 Å². The fourth-order valence-electron chi connectivity index (χ4n) is 15.5. The molecule has 0 spiro atoms. The summed E-state index contributed by atoms with van der Waals surface area (Å²) >= 11 is 0. The van der Waals surface area contributed by atoms with Crippen molar-refractivity contribution in [3.05, 3.63) is 298 Å². The molecule has 12 aromatic carbocycles. The summed E-state index contributed by atoms with van der Waals surface area (Å²) in [6.07, 6.45) is 5.91. The van der Waals surface area contributed by atoms with Crippen molar-refractivity contribution in [1.82, 2.24) is 14.1 Å². The third kappa shape index (κ3) is 7.19. The first-order chi connectivity index (χ1) is 44.5. The van der Waals surface area contributed by atoms with Gasteiger partial charge in [-0.1, -0.05) is 189 Å². The second kappa shape index (κ2) is 19.3. The van der Waals surface area contributed by atoms with Crippen molar-refractivity contribution in [1.29, 1.82) is 0 Å². The van der Waals surface area contributed by atoms with Gasteiger partial charge in [0.05, 0.1) is 39.3 Å². The van der Waals surface area contributed by atoms with Crippen molar-refractivity contribution >= 4 is 126 Å². The number of nitrogens with zero attached hydrogens (tertiary/aromatic N) is 7. The molecule has 0 aliphatic carbocycles. The van der Waals surface area contributed by atoms with Crippen molar-refractivity contribution in [3.63, 3.8) is 0 Å². The molecule has 0 saturated heterocycles. The molecule has 0 radical (unpaired) electrons. The summed E-state index contributed by atoms with van der Waals surface area (Å²) in [7, 11) is -2.28. The molecule has 19 rings (SSSR count). The van der Waals surface area contributed by atoms with Crippen LogP contribution >= 0.6 is 0 Å². The van der Waals surface area contributed by atoms with E-state index in [4.69, 9.17) is 9.72 Å². The van der Waals surface area contributed by atoms with Gasteiger partial charge in [0.15, 0.2) is 0 Å². The number of imidazole rings is 1. The molecule has 90 heavy (non-hydrogen) atoms. The Labute approximate surface area is 522 Å². The first kappa shape index (κ1) is 50.7. The van der Waals surface area contributed by atoms with E-state index in [2.05, 4.69) is 333 Å². The summed E-state index contributed by atoms with van der Waals surface area (Å²) in [5.74, 6) is 1.47. The van der Waals surface area contributed by atoms with Crippen LogP contribution in [0.25, 0.3) is 72.3 Å². The minimum absolute atomic E-state index is 0.0795. The Morgan fingerprint density at radius 2 is 0.967 bits per heavy atom. The lowest BCUT2D eigenvalue weighted by Crippen LogP contribution is -2.64. The Morgan fingerprint density at radius 1 is 0.433 bits per heavy atom. The summed E-state index contributed by atoms with van der Waals surface area (Å²) in [6, 6.07) is 103. The average Bonchev–Trinajstić information content (AvgIpc) is 1.06. The zero-order valence-electron chi connectivity index (χ0n) is 49.3. The van der Waals surface area contributed by atoms with Gasteiger partial charge in [0.2, 0.25) is 0 Å². The molecule has 15 aromatic rings. The monoisotopic (exact) mass is 1170 g/mol. The lowest BCUT2D eigenvalue weighted by molar-refractivity contribution is -0.571. The van der Waals surface area contributed by atoms with E-state index in [1.54, 1.807) is 0 Å². The van der Waals surface area contributed by atoms with Crippen molar-refractivity contribution in [2.45, 2.75) is 13.1 Å². The maximum atomic E-state index is 7.18. The van der Waals surface area contributed by atoms with E-state index in [1.807, 2.05) is 6.20 Å². The first-order valence-electron chi connectivity index (χ1n) is 30.9. The molecule has 4 aliphatic heterocycles. The van der Waals surface area contributed by atoms with E-state index >= 15 is 0 Å². The van der Waals surface area contributed by atoms with Crippen molar-refractivity contribution < 1.29 is 9.30 Å². The predicted molar refractivity (Wildman–Crippen MR) is 372 cm³/mol. The topological polar surface area (TPSA) is 45.6 Å². The largest absolute Gasteiger partial charge is 0.458 e. The fraction of sp³-hybridized carbons (Fsp3) is 0.0250. The van der Waals surface area contributed by atoms with Gasteiger partial charge < -0.3 is 19.4 Å². The van der Waals surface area contributed by atoms with Gasteiger partial charge in [0.1, 0.15) is 25.2 Å². The Bertz CT molecular complexity index is 5380. The Balaban J connectivity index is 0.800. The van der Waals surface area contributed by atoms with E-state index in [-0.39, 0.29) is 6.71 Å². The summed E-state index contributed by atoms with van der Waals surface area (Å²) in [5, 5.41) is 4.92. The number of ether oxygens (including phenoxy) is 1. The van der Waals surface area contributed by atoms with Crippen LogP contribution in [0.15, 0.2) is 291 Å². The van der Waals surface area contributed by atoms with Crippen LogP contribution in [0.5, 0.6) is 11.5 Å². The highest BCUT2D eigenvalue weighted by molar-refractivity contribution is 7.03. The second-order valence-electron chi connectivity index (χ2n) is 24.4. The lowest BCUT2D eigenvalue weighted by Gasteiger charge is -2.49. The summed E-state index contributed by atoms with van der Waals surface area (Å²) in [5.41, 5.74) is 26.0. The van der Waals surface area contributed by atoms with E-state index in [0.717, 1.165) is 118 Å². The van der Waals surface area contributed by atoms with E-state index in [0.29, 0.717) is 0 Å². The van der Waals surface area contributed by atoms with Gasteiger partial charge in [-0.3, -0.25) is 13.7 Å². The van der Waals surface area contributed by atoms with Crippen molar-refractivity contribution in [3.8, 4) is 50.8 Å². The molecule has 0 unspecified atom stereocenters. The number of hydrogen-bond donors (Lipinski definition) is 0. The first-order valence-corrected chi connectivity index (χ1v) is 33.9. The van der Waals surface area contributed by atoms with Gasteiger partial charge in [0.25, 0.3) is 13.0 Å². The number of aromatic nitrogens is 4. The minimum Gasteiger partial charge on any atom is -0.458 e. The fourth-order valence-corrected chi connectivity index (χ4v) is 18.5. The van der Waals surface area contributed by atoms with Crippen LogP contribution in [0.4, 0.5) is 51.2 Å². The van der Waals surface area contributed by atoms with Crippen LogP contribution in [-0.2, 0) is 0 Å². The molecule has 0 bridgehead atoms. The number of benzene rings is 12. The van der Waals surface area contributed by atoms with Crippen LogP contribution in [0.2, 0.25) is 13.1 Å². The van der Waals surface area contributed by atoms with E-state index in [9.17, 15) is 0 Å². The highest BCUT2D eigenvalue weighted by Gasteiger charge is 2.50. The van der Waals surface area contributed by atoms with Crippen molar-refractivity contribution in [2.24, 2.45) is 0 Å². The maximum absolute atomic E-state index is 7.18. The smallest absolute Gasteiger partial charge is 0.269 e. The molecule has 10 heteroatoms. The molecular formula is C80H54BN7OSi. The molecule has 0 fully saturated rings. The van der Waals surface area contributed by atoms with Gasteiger partial charge in [-0.05, 0) is 152 Å². The summed E-state index contributed by atoms with van der Waals surface area (Å²) in [6.45, 7) is 4.87. The number of anilines is 9. The molecule has 3 aromatic heterocycles. The third-order valence-corrected chi connectivity index (χ3v) is 22.8. The van der Waals surface area contributed by atoms with Gasteiger partial charge >= 0.3 is 0 Å². The molecule has 8 nitrogen and oxygen atoms in total.